The number of nitro groups is 1. The summed E-state index contributed by atoms with van der Waals surface area (Å²) in [6.45, 7) is 0. The molecule has 1 fully saturated rings. The van der Waals surface area contributed by atoms with Crippen molar-refractivity contribution in [3.63, 3.8) is 0 Å². The van der Waals surface area contributed by atoms with Crippen LogP contribution in [0.3, 0.4) is 0 Å². The zero-order chi connectivity index (χ0) is 14.5. The Labute approximate surface area is 117 Å². The van der Waals surface area contributed by atoms with Crippen LogP contribution in [-0.2, 0) is 4.79 Å². The second-order valence-corrected chi connectivity index (χ2v) is 4.96. The van der Waals surface area contributed by atoms with Crippen LogP contribution in [0.25, 0.3) is 0 Å². The number of rotatable bonds is 4. The molecule has 0 radical (unpaired) electrons. The first-order chi connectivity index (χ1) is 9.56. The SMILES string of the molecule is CN(/N=C/c1ccc([N+](=O)[O-])cc1)C1CCCC(=O)C1. The first-order valence-electron chi connectivity index (χ1n) is 6.59. The summed E-state index contributed by atoms with van der Waals surface area (Å²) in [5.74, 6) is 0.290. The van der Waals surface area contributed by atoms with Crippen LogP contribution in [0.15, 0.2) is 29.4 Å². The van der Waals surface area contributed by atoms with Gasteiger partial charge in [0.1, 0.15) is 5.78 Å². The van der Waals surface area contributed by atoms with Crippen molar-refractivity contribution in [1.82, 2.24) is 5.01 Å². The summed E-state index contributed by atoms with van der Waals surface area (Å²) in [6, 6.07) is 6.37. The molecule has 1 unspecified atom stereocenters. The standard InChI is InChI=1S/C14H17N3O3/c1-16(13-3-2-4-14(18)9-13)15-10-11-5-7-12(8-6-11)17(19)20/h5-8,10,13H,2-4,9H2,1H3/b15-10+. The Hall–Kier alpha value is -2.24. The molecule has 0 spiro atoms. The maximum atomic E-state index is 11.4. The predicted octanol–water partition coefficient (Wildman–Crippen LogP) is 2.37. The molecule has 6 heteroatoms. The van der Waals surface area contributed by atoms with Crippen molar-refractivity contribution in [1.29, 1.82) is 0 Å². The Morgan fingerprint density at radius 2 is 2.10 bits per heavy atom. The molecule has 106 valence electrons. The van der Waals surface area contributed by atoms with Crippen LogP contribution in [0.2, 0.25) is 0 Å². The third-order valence-corrected chi connectivity index (χ3v) is 3.48. The zero-order valence-corrected chi connectivity index (χ0v) is 11.4. The van der Waals surface area contributed by atoms with Gasteiger partial charge in [0.15, 0.2) is 0 Å². The molecule has 0 bridgehead atoms. The van der Waals surface area contributed by atoms with Crippen LogP contribution in [0.4, 0.5) is 5.69 Å². The molecule has 2 rings (SSSR count). The Morgan fingerprint density at radius 1 is 1.40 bits per heavy atom. The van der Waals surface area contributed by atoms with Crippen molar-refractivity contribution in [2.24, 2.45) is 5.10 Å². The number of Topliss-reactive ketones (excluding diaryl/α,β-unsaturated/α-hetero) is 1. The summed E-state index contributed by atoms with van der Waals surface area (Å²) in [5, 5.41) is 16.7. The summed E-state index contributed by atoms with van der Waals surface area (Å²) >= 11 is 0. The van der Waals surface area contributed by atoms with Gasteiger partial charge in [-0.2, -0.15) is 5.10 Å². The molecule has 1 atom stereocenters. The molecule has 0 aromatic heterocycles. The van der Waals surface area contributed by atoms with Crippen molar-refractivity contribution in [2.45, 2.75) is 31.7 Å². The highest BCUT2D eigenvalue weighted by Crippen LogP contribution is 2.19. The van der Waals surface area contributed by atoms with E-state index in [9.17, 15) is 14.9 Å². The van der Waals surface area contributed by atoms with E-state index in [2.05, 4.69) is 5.10 Å². The van der Waals surface area contributed by atoms with Gasteiger partial charge in [0.25, 0.3) is 5.69 Å². The smallest absolute Gasteiger partial charge is 0.269 e. The van der Waals surface area contributed by atoms with E-state index in [0.29, 0.717) is 18.6 Å². The first kappa shape index (κ1) is 14.2. The lowest BCUT2D eigenvalue weighted by molar-refractivity contribution is -0.384. The Bertz CT molecular complexity index is 525. The van der Waals surface area contributed by atoms with Crippen molar-refractivity contribution in [3.05, 3.63) is 39.9 Å². The predicted molar refractivity (Wildman–Crippen MR) is 75.7 cm³/mol. The van der Waals surface area contributed by atoms with E-state index in [1.54, 1.807) is 23.4 Å². The van der Waals surface area contributed by atoms with Gasteiger partial charge in [0.2, 0.25) is 0 Å². The average molecular weight is 275 g/mol. The summed E-state index contributed by atoms with van der Waals surface area (Å²) in [6.07, 6.45) is 4.77. The van der Waals surface area contributed by atoms with E-state index in [1.165, 1.54) is 12.1 Å². The van der Waals surface area contributed by atoms with Gasteiger partial charge in [-0.05, 0) is 30.5 Å². The fourth-order valence-corrected chi connectivity index (χ4v) is 2.25. The van der Waals surface area contributed by atoms with Crippen LogP contribution >= 0.6 is 0 Å². The van der Waals surface area contributed by atoms with Gasteiger partial charge in [0.05, 0.1) is 17.2 Å². The molecule has 1 aromatic rings. The Morgan fingerprint density at radius 3 is 2.70 bits per heavy atom. The fourth-order valence-electron chi connectivity index (χ4n) is 2.25. The normalized spacial score (nSPS) is 19.2. The molecule has 1 aliphatic rings. The highest BCUT2D eigenvalue weighted by molar-refractivity contribution is 5.80. The topological polar surface area (TPSA) is 75.8 Å². The second kappa shape index (κ2) is 6.27. The number of benzene rings is 1. The molecule has 0 amide bonds. The highest BCUT2D eigenvalue weighted by Gasteiger charge is 2.22. The quantitative estimate of drug-likeness (QED) is 0.480. The van der Waals surface area contributed by atoms with Crippen LogP contribution < -0.4 is 0 Å². The lowest BCUT2D eigenvalue weighted by atomic mass is 9.94. The molecule has 0 saturated heterocycles. The Kier molecular flexibility index (Phi) is 4.45. The van der Waals surface area contributed by atoms with Gasteiger partial charge in [-0.15, -0.1) is 0 Å². The lowest BCUT2D eigenvalue weighted by Gasteiger charge is -2.28. The van der Waals surface area contributed by atoms with E-state index >= 15 is 0 Å². The molecule has 1 saturated carbocycles. The number of nitro benzene ring substituents is 1. The van der Waals surface area contributed by atoms with E-state index in [0.717, 1.165) is 18.4 Å². The maximum Gasteiger partial charge on any atom is 0.269 e. The summed E-state index contributed by atoms with van der Waals surface area (Å²) in [4.78, 5) is 21.5. The van der Waals surface area contributed by atoms with Gasteiger partial charge < -0.3 is 0 Å². The molecule has 0 aliphatic heterocycles. The third-order valence-electron chi connectivity index (χ3n) is 3.48. The van der Waals surface area contributed by atoms with Gasteiger partial charge in [0, 0.05) is 32.0 Å². The number of hydrogen-bond acceptors (Lipinski definition) is 5. The van der Waals surface area contributed by atoms with Crippen LogP contribution in [0.1, 0.15) is 31.2 Å². The van der Waals surface area contributed by atoms with Crippen molar-refractivity contribution >= 4 is 17.7 Å². The lowest BCUT2D eigenvalue weighted by Crippen LogP contribution is -2.32. The van der Waals surface area contributed by atoms with E-state index in [-0.39, 0.29) is 11.7 Å². The molecule has 1 aliphatic carbocycles. The summed E-state index contributed by atoms with van der Waals surface area (Å²) in [7, 11) is 1.85. The van der Waals surface area contributed by atoms with Gasteiger partial charge in [-0.3, -0.25) is 19.9 Å². The molecular weight excluding hydrogens is 258 g/mol. The number of non-ortho nitro benzene ring substituents is 1. The monoisotopic (exact) mass is 275 g/mol. The van der Waals surface area contributed by atoms with Crippen LogP contribution in [0, 0.1) is 10.1 Å². The zero-order valence-electron chi connectivity index (χ0n) is 11.4. The number of nitrogens with zero attached hydrogens (tertiary/aromatic N) is 3. The van der Waals surface area contributed by atoms with E-state index < -0.39 is 4.92 Å². The van der Waals surface area contributed by atoms with Crippen molar-refractivity contribution in [2.75, 3.05) is 7.05 Å². The van der Waals surface area contributed by atoms with Crippen LogP contribution in [-0.4, -0.2) is 35.0 Å². The van der Waals surface area contributed by atoms with Crippen molar-refractivity contribution in [3.8, 4) is 0 Å². The minimum absolute atomic E-state index is 0.0633. The fraction of sp³-hybridized carbons (Fsp3) is 0.429. The number of carbonyl (C=O) groups is 1. The molecule has 0 N–H and O–H groups in total. The minimum atomic E-state index is -0.430. The summed E-state index contributed by atoms with van der Waals surface area (Å²) in [5.41, 5.74) is 0.859. The number of hydrogen-bond donors (Lipinski definition) is 0. The highest BCUT2D eigenvalue weighted by atomic mass is 16.6. The molecule has 1 aromatic carbocycles. The average Bonchev–Trinajstić information content (AvgIpc) is 2.45. The van der Waals surface area contributed by atoms with Gasteiger partial charge in [-0.1, -0.05) is 0 Å². The van der Waals surface area contributed by atoms with E-state index in [1.807, 2.05) is 7.05 Å². The number of ketones is 1. The molecule has 20 heavy (non-hydrogen) atoms. The Balaban J connectivity index is 1.97. The molecule has 0 heterocycles. The molecule has 6 nitrogen and oxygen atoms in total. The largest absolute Gasteiger partial charge is 0.300 e. The van der Waals surface area contributed by atoms with Crippen molar-refractivity contribution < 1.29 is 9.72 Å². The van der Waals surface area contributed by atoms with Crippen LogP contribution in [0.5, 0.6) is 0 Å². The minimum Gasteiger partial charge on any atom is -0.300 e. The second-order valence-electron chi connectivity index (χ2n) is 4.96. The van der Waals surface area contributed by atoms with E-state index in [4.69, 9.17) is 0 Å². The number of hydrazone groups is 1. The first-order valence-corrected chi connectivity index (χ1v) is 6.59. The molecular formula is C14H17N3O3. The summed E-state index contributed by atoms with van der Waals surface area (Å²) < 4.78 is 0. The van der Waals surface area contributed by atoms with Gasteiger partial charge in [-0.25, -0.2) is 0 Å². The van der Waals surface area contributed by atoms with Gasteiger partial charge >= 0.3 is 0 Å². The number of carbonyl (C=O) groups excluding carboxylic acids is 1. The maximum absolute atomic E-state index is 11.4. The third kappa shape index (κ3) is 3.63.